The van der Waals surface area contributed by atoms with Crippen LogP contribution in [-0.4, -0.2) is 32.1 Å². The molecular formula is C23H21ClN2O4S. The maximum Gasteiger partial charge on any atom is 0.267 e. The van der Waals surface area contributed by atoms with Crippen LogP contribution in [0.1, 0.15) is 15.2 Å². The molecule has 0 aliphatic heterocycles. The van der Waals surface area contributed by atoms with Gasteiger partial charge in [0.05, 0.1) is 13.7 Å². The molecule has 2 amide bonds. The summed E-state index contributed by atoms with van der Waals surface area (Å²) in [6.07, 6.45) is 1.64. The number of ether oxygens (including phenoxy) is 2. The zero-order valence-corrected chi connectivity index (χ0v) is 18.3. The Bertz CT molecular complexity index is 1030. The maximum atomic E-state index is 12.7. The highest BCUT2D eigenvalue weighted by molar-refractivity contribution is 7.10. The highest BCUT2D eigenvalue weighted by atomic mass is 35.5. The van der Waals surface area contributed by atoms with Gasteiger partial charge in [-0.3, -0.25) is 9.59 Å². The molecule has 0 saturated carbocycles. The molecule has 0 radical (unpaired) electrons. The highest BCUT2D eigenvalue weighted by Gasteiger charge is 2.15. The fourth-order valence-corrected chi connectivity index (χ4v) is 3.35. The molecule has 0 saturated heterocycles. The summed E-state index contributed by atoms with van der Waals surface area (Å²) in [5.74, 6) is 0.498. The molecule has 6 nitrogen and oxygen atoms in total. The van der Waals surface area contributed by atoms with Crippen molar-refractivity contribution in [1.29, 1.82) is 0 Å². The summed E-state index contributed by atoms with van der Waals surface area (Å²) >= 11 is 7.31. The second-order valence-corrected chi connectivity index (χ2v) is 7.73. The summed E-state index contributed by atoms with van der Waals surface area (Å²) in [6.45, 7) is 0.535. The topological polar surface area (TPSA) is 76.7 Å². The van der Waals surface area contributed by atoms with E-state index in [9.17, 15) is 9.59 Å². The van der Waals surface area contributed by atoms with Gasteiger partial charge < -0.3 is 20.1 Å². The lowest BCUT2D eigenvalue weighted by Gasteiger charge is -2.12. The number of hydrogen-bond acceptors (Lipinski definition) is 5. The van der Waals surface area contributed by atoms with E-state index in [4.69, 9.17) is 21.1 Å². The van der Waals surface area contributed by atoms with Gasteiger partial charge in [0.25, 0.3) is 11.8 Å². The summed E-state index contributed by atoms with van der Waals surface area (Å²) in [5, 5.41) is 7.97. The van der Waals surface area contributed by atoms with Crippen LogP contribution in [0, 0.1) is 0 Å². The average molecular weight is 457 g/mol. The predicted molar refractivity (Wildman–Crippen MR) is 123 cm³/mol. The minimum atomic E-state index is -0.407. The van der Waals surface area contributed by atoms with Gasteiger partial charge in [0.2, 0.25) is 0 Å². The van der Waals surface area contributed by atoms with Gasteiger partial charge in [0.15, 0.2) is 0 Å². The minimum Gasteiger partial charge on any atom is -0.497 e. The zero-order chi connectivity index (χ0) is 22.1. The van der Waals surface area contributed by atoms with E-state index in [1.54, 1.807) is 61.7 Å². The van der Waals surface area contributed by atoms with Gasteiger partial charge in [-0.05, 0) is 66.1 Å². The number of hydrogen-bond donors (Lipinski definition) is 2. The van der Waals surface area contributed by atoms with Crippen LogP contribution in [0.15, 0.2) is 71.7 Å². The summed E-state index contributed by atoms with van der Waals surface area (Å²) in [4.78, 5) is 26.2. The molecule has 8 heteroatoms. The Kier molecular flexibility index (Phi) is 8.09. The minimum absolute atomic E-state index is 0.148. The Morgan fingerprint density at radius 1 is 1.03 bits per heavy atom. The first-order valence-corrected chi connectivity index (χ1v) is 10.7. The second-order valence-electron chi connectivity index (χ2n) is 6.31. The summed E-state index contributed by atoms with van der Waals surface area (Å²) < 4.78 is 10.7. The number of rotatable bonds is 9. The van der Waals surface area contributed by atoms with Crippen molar-refractivity contribution in [3.63, 3.8) is 0 Å². The quantitative estimate of drug-likeness (QED) is 0.370. The van der Waals surface area contributed by atoms with Crippen molar-refractivity contribution in [3.05, 3.63) is 87.2 Å². The van der Waals surface area contributed by atoms with E-state index in [1.807, 2.05) is 17.5 Å². The molecular weight excluding hydrogens is 436 g/mol. The number of halogens is 1. The second kappa shape index (κ2) is 11.2. The number of methoxy groups -OCH3 is 1. The molecule has 3 rings (SSSR count). The first-order valence-electron chi connectivity index (χ1n) is 9.42. The molecule has 0 spiro atoms. The molecule has 1 heterocycles. The van der Waals surface area contributed by atoms with Gasteiger partial charge >= 0.3 is 0 Å². The van der Waals surface area contributed by atoms with Gasteiger partial charge in [0, 0.05) is 15.5 Å². The number of benzene rings is 2. The number of thiophene rings is 1. The van der Waals surface area contributed by atoms with Crippen LogP contribution in [0.3, 0.4) is 0 Å². The number of carbonyl (C=O) groups is 2. The SMILES string of the molecule is COc1ccc(C(=O)N/C(=C\c2cccs2)C(=O)NCCOc2ccc(Cl)cc2)cc1. The maximum absolute atomic E-state index is 12.7. The van der Waals surface area contributed by atoms with Gasteiger partial charge in [-0.1, -0.05) is 17.7 Å². The van der Waals surface area contributed by atoms with Crippen molar-refractivity contribution >= 4 is 40.8 Å². The molecule has 0 aliphatic rings. The number of amides is 2. The molecule has 1 aromatic heterocycles. The Balaban J connectivity index is 1.61. The highest BCUT2D eigenvalue weighted by Crippen LogP contribution is 2.16. The van der Waals surface area contributed by atoms with Gasteiger partial charge in [-0.25, -0.2) is 0 Å². The average Bonchev–Trinajstić information content (AvgIpc) is 3.30. The van der Waals surface area contributed by atoms with Crippen LogP contribution in [0.4, 0.5) is 0 Å². The molecule has 0 unspecified atom stereocenters. The summed E-state index contributed by atoms with van der Waals surface area (Å²) in [6, 6.07) is 17.3. The van der Waals surface area contributed by atoms with Crippen LogP contribution in [-0.2, 0) is 4.79 Å². The Morgan fingerprint density at radius 3 is 2.39 bits per heavy atom. The molecule has 3 aromatic rings. The lowest BCUT2D eigenvalue weighted by Crippen LogP contribution is -2.36. The third-order valence-corrected chi connectivity index (χ3v) is 5.22. The lowest BCUT2D eigenvalue weighted by molar-refractivity contribution is -0.117. The monoisotopic (exact) mass is 456 g/mol. The van der Waals surface area contributed by atoms with Gasteiger partial charge in [0.1, 0.15) is 23.8 Å². The number of carbonyl (C=O) groups excluding carboxylic acids is 2. The summed E-state index contributed by atoms with van der Waals surface area (Å²) in [7, 11) is 1.55. The molecule has 0 fully saturated rings. The van der Waals surface area contributed by atoms with Crippen molar-refractivity contribution in [3.8, 4) is 11.5 Å². The lowest BCUT2D eigenvalue weighted by atomic mass is 10.2. The Hall–Kier alpha value is -3.29. The van der Waals surface area contributed by atoms with Crippen molar-refractivity contribution in [2.75, 3.05) is 20.3 Å². The fraction of sp³-hybridized carbons (Fsp3) is 0.130. The Labute approximate surface area is 189 Å². The standard InChI is InChI=1S/C23H21ClN2O4S/c1-29-18-8-4-16(5-9-18)22(27)26-21(15-20-3-2-14-31-20)23(28)25-12-13-30-19-10-6-17(24)7-11-19/h2-11,14-15H,12-13H2,1H3,(H,25,28)(H,26,27)/b21-15-. The fourth-order valence-electron chi connectivity index (χ4n) is 2.57. The van der Waals surface area contributed by atoms with Gasteiger partial charge in [-0.15, -0.1) is 11.3 Å². The zero-order valence-electron chi connectivity index (χ0n) is 16.8. The van der Waals surface area contributed by atoms with Crippen molar-refractivity contribution in [2.24, 2.45) is 0 Å². The third-order valence-electron chi connectivity index (χ3n) is 4.14. The largest absolute Gasteiger partial charge is 0.497 e. The van der Waals surface area contributed by atoms with Crippen LogP contribution >= 0.6 is 22.9 Å². The van der Waals surface area contributed by atoms with E-state index in [1.165, 1.54) is 11.3 Å². The van der Waals surface area contributed by atoms with Crippen LogP contribution in [0.5, 0.6) is 11.5 Å². The first-order chi connectivity index (χ1) is 15.0. The van der Waals surface area contributed by atoms with Crippen LogP contribution in [0.25, 0.3) is 6.08 Å². The molecule has 31 heavy (non-hydrogen) atoms. The number of nitrogens with one attached hydrogen (secondary N) is 2. The molecule has 2 N–H and O–H groups in total. The molecule has 2 aromatic carbocycles. The van der Waals surface area contributed by atoms with Crippen molar-refractivity contribution in [2.45, 2.75) is 0 Å². The van der Waals surface area contributed by atoms with E-state index in [2.05, 4.69) is 10.6 Å². The molecule has 0 bridgehead atoms. The third kappa shape index (κ3) is 6.87. The van der Waals surface area contributed by atoms with Crippen LogP contribution < -0.4 is 20.1 Å². The normalized spacial score (nSPS) is 11.0. The molecule has 0 aliphatic carbocycles. The van der Waals surface area contributed by atoms with Gasteiger partial charge in [-0.2, -0.15) is 0 Å². The smallest absolute Gasteiger partial charge is 0.267 e. The summed E-state index contributed by atoms with van der Waals surface area (Å²) in [5.41, 5.74) is 0.562. The first kappa shape index (κ1) is 22.4. The molecule has 0 atom stereocenters. The van der Waals surface area contributed by atoms with E-state index in [0.29, 0.717) is 22.1 Å². The van der Waals surface area contributed by atoms with E-state index in [-0.39, 0.29) is 18.8 Å². The van der Waals surface area contributed by atoms with E-state index < -0.39 is 11.8 Å². The van der Waals surface area contributed by atoms with Crippen molar-refractivity contribution < 1.29 is 19.1 Å². The Morgan fingerprint density at radius 2 is 1.74 bits per heavy atom. The molecule has 160 valence electrons. The predicted octanol–water partition coefficient (Wildman–Crippen LogP) is 4.38. The van der Waals surface area contributed by atoms with E-state index in [0.717, 1.165) is 4.88 Å². The van der Waals surface area contributed by atoms with Crippen molar-refractivity contribution in [1.82, 2.24) is 10.6 Å². The van der Waals surface area contributed by atoms with E-state index >= 15 is 0 Å². The van der Waals surface area contributed by atoms with Crippen LogP contribution in [0.2, 0.25) is 5.02 Å².